The number of carbonyl (C=O) groups is 3. The van der Waals surface area contributed by atoms with Crippen molar-refractivity contribution in [2.45, 2.75) is 56.4 Å². The van der Waals surface area contributed by atoms with Crippen LogP contribution in [-0.2, 0) is 31.3 Å². The van der Waals surface area contributed by atoms with E-state index in [0.29, 0.717) is 31.6 Å². The van der Waals surface area contributed by atoms with Gasteiger partial charge < -0.3 is 20.1 Å². The Balaban J connectivity index is 1.65. The van der Waals surface area contributed by atoms with Gasteiger partial charge in [0, 0.05) is 24.5 Å². The van der Waals surface area contributed by atoms with Gasteiger partial charge in [0.2, 0.25) is 11.8 Å². The molecule has 1 heterocycles. The molecule has 1 fully saturated rings. The van der Waals surface area contributed by atoms with Crippen LogP contribution in [0.1, 0.15) is 43.2 Å². The van der Waals surface area contributed by atoms with Crippen LogP contribution in [0.4, 0.5) is 0 Å². The van der Waals surface area contributed by atoms with E-state index in [1.54, 1.807) is 28.8 Å². The first-order valence-corrected chi connectivity index (χ1v) is 15.8. The van der Waals surface area contributed by atoms with Crippen molar-refractivity contribution in [3.63, 3.8) is 0 Å². The molecule has 8 heteroatoms. The quantitative estimate of drug-likeness (QED) is 0.188. The second-order valence-electron chi connectivity index (χ2n) is 10.7. The first-order valence-electron chi connectivity index (χ1n) is 14.7. The van der Waals surface area contributed by atoms with E-state index in [1.165, 1.54) is 0 Å². The molecule has 4 atom stereocenters. The van der Waals surface area contributed by atoms with Gasteiger partial charge in [-0.1, -0.05) is 72.8 Å². The van der Waals surface area contributed by atoms with Crippen LogP contribution in [0.3, 0.4) is 0 Å². The van der Waals surface area contributed by atoms with Crippen molar-refractivity contribution in [2.24, 2.45) is 11.8 Å². The lowest BCUT2D eigenvalue weighted by Crippen LogP contribution is -2.45. The maximum absolute atomic E-state index is 13.5. The second kappa shape index (κ2) is 18.2. The van der Waals surface area contributed by atoms with E-state index < -0.39 is 12.0 Å². The molecule has 42 heavy (non-hydrogen) atoms. The summed E-state index contributed by atoms with van der Waals surface area (Å²) in [6.07, 6.45) is 6.40. The summed E-state index contributed by atoms with van der Waals surface area (Å²) in [5.41, 5.74) is 2.21. The maximum Gasteiger partial charge on any atom is 0.309 e. The summed E-state index contributed by atoms with van der Waals surface area (Å²) >= 11 is 1.65. The molecular weight excluding hydrogens is 548 g/mol. The van der Waals surface area contributed by atoms with Gasteiger partial charge in [0.05, 0.1) is 30.5 Å². The van der Waals surface area contributed by atoms with Gasteiger partial charge in [-0.25, -0.2) is 0 Å². The number of likely N-dealkylation sites (tertiary alicyclic amines) is 1. The Hall–Kier alpha value is -3.36. The Labute approximate surface area is 254 Å². The molecule has 1 aliphatic heterocycles. The number of thioether (sulfide) groups is 1. The van der Waals surface area contributed by atoms with Crippen LogP contribution in [0, 0.1) is 11.8 Å². The van der Waals surface area contributed by atoms with Crippen molar-refractivity contribution < 1.29 is 24.2 Å². The van der Waals surface area contributed by atoms with Crippen LogP contribution in [0.2, 0.25) is 0 Å². The van der Waals surface area contributed by atoms with E-state index in [-0.39, 0.29) is 49.4 Å². The predicted octanol–water partition coefficient (Wildman–Crippen LogP) is 4.95. The molecule has 2 aromatic carbocycles. The molecule has 0 spiro atoms. The Morgan fingerprint density at radius 2 is 1.64 bits per heavy atom. The lowest BCUT2D eigenvalue weighted by Gasteiger charge is -2.26. The third kappa shape index (κ3) is 10.8. The van der Waals surface area contributed by atoms with Crippen LogP contribution in [0.15, 0.2) is 86.0 Å². The summed E-state index contributed by atoms with van der Waals surface area (Å²) in [5, 5.41) is 12.7. The Morgan fingerprint density at radius 1 is 1.00 bits per heavy atom. The topological polar surface area (TPSA) is 95.9 Å². The molecular formula is C34H44N2O5S. The average molecular weight is 593 g/mol. The number of aliphatic hydroxyl groups is 1. The smallest absolute Gasteiger partial charge is 0.309 e. The molecule has 0 saturated carbocycles. The molecule has 7 nitrogen and oxygen atoms in total. The standard InChI is InChI=1S/C34H44N2O5S/c1-3-12-28(21-32(38)36-19-11-18-31(36)22-37)33(39)35-30(25-42-24-27-16-9-6-10-17-27)23-41-34(40)29(13-4-2)20-26-14-7-5-8-15-26/h3-10,14-17,28-31,37H,1-2,11-13,18-25H2,(H,35,39). The molecule has 1 saturated heterocycles. The SMILES string of the molecule is C=CCC(CC(=O)N1CCCC1CO)C(=O)NC(COC(=O)C(CC=C)Cc1ccccc1)CSCc1ccccc1. The van der Waals surface area contributed by atoms with Gasteiger partial charge in [0.1, 0.15) is 6.61 Å². The Kier molecular flexibility index (Phi) is 14.4. The zero-order valence-corrected chi connectivity index (χ0v) is 25.2. The van der Waals surface area contributed by atoms with Gasteiger partial charge in [-0.05, 0) is 43.2 Å². The minimum Gasteiger partial charge on any atom is -0.463 e. The fraction of sp³-hybridized carbons (Fsp3) is 0.441. The first kappa shape index (κ1) is 33.1. The summed E-state index contributed by atoms with van der Waals surface area (Å²) in [7, 11) is 0. The Morgan fingerprint density at radius 3 is 2.29 bits per heavy atom. The number of esters is 1. The van der Waals surface area contributed by atoms with Crippen molar-refractivity contribution in [2.75, 3.05) is 25.5 Å². The molecule has 0 aliphatic carbocycles. The van der Waals surface area contributed by atoms with Gasteiger partial charge in [-0.3, -0.25) is 14.4 Å². The highest BCUT2D eigenvalue weighted by Gasteiger charge is 2.32. The molecule has 2 N–H and O–H groups in total. The molecule has 3 rings (SSSR count). The van der Waals surface area contributed by atoms with Crippen LogP contribution in [0.25, 0.3) is 0 Å². The summed E-state index contributed by atoms with van der Waals surface area (Å²) in [4.78, 5) is 41.3. The van der Waals surface area contributed by atoms with Crippen LogP contribution in [-0.4, -0.2) is 65.4 Å². The van der Waals surface area contributed by atoms with Gasteiger partial charge >= 0.3 is 5.97 Å². The molecule has 4 unspecified atom stereocenters. The number of rotatable bonds is 18. The van der Waals surface area contributed by atoms with E-state index in [1.807, 2.05) is 60.7 Å². The lowest BCUT2D eigenvalue weighted by atomic mass is 9.96. The molecule has 2 aromatic rings. The number of benzene rings is 2. The predicted molar refractivity (Wildman–Crippen MR) is 169 cm³/mol. The third-order valence-electron chi connectivity index (χ3n) is 7.46. The molecule has 2 amide bonds. The van der Waals surface area contributed by atoms with Crippen LogP contribution < -0.4 is 5.32 Å². The van der Waals surface area contributed by atoms with E-state index in [4.69, 9.17) is 4.74 Å². The highest BCUT2D eigenvalue weighted by molar-refractivity contribution is 7.98. The molecule has 226 valence electrons. The number of ether oxygens (including phenoxy) is 1. The number of aliphatic hydroxyl groups excluding tert-OH is 1. The van der Waals surface area contributed by atoms with Gasteiger partial charge in [-0.15, -0.1) is 13.2 Å². The highest BCUT2D eigenvalue weighted by atomic mass is 32.2. The minimum absolute atomic E-state index is 0.0300. The van der Waals surface area contributed by atoms with Gasteiger partial charge in [0.25, 0.3) is 0 Å². The van der Waals surface area contributed by atoms with Crippen molar-refractivity contribution in [3.8, 4) is 0 Å². The zero-order chi connectivity index (χ0) is 30.2. The Bertz CT molecular complexity index is 1140. The second-order valence-corrected chi connectivity index (χ2v) is 11.8. The monoisotopic (exact) mass is 592 g/mol. The van der Waals surface area contributed by atoms with Gasteiger partial charge in [-0.2, -0.15) is 11.8 Å². The normalized spacial score (nSPS) is 16.7. The average Bonchev–Trinajstić information content (AvgIpc) is 3.49. The van der Waals surface area contributed by atoms with Crippen LogP contribution >= 0.6 is 11.8 Å². The molecule has 0 radical (unpaired) electrons. The first-order chi connectivity index (χ1) is 20.4. The molecule has 0 bridgehead atoms. The number of nitrogens with one attached hydrogen (secondary N) is 1. The van der Waals surface area contributed by atoms with Crippen molar-refractivity contribution in [1.82, 2.24) is 10.2 Å². The summed E-state index contributed by atoms with van der Waals surface area (Å²) in [6, 6.07) is 19.2. The van der Waals surface area contributed by atoms with Crippen LogP contribution in [0.5, 0.6) is 0 Å². The largest absolute Gasteiger partial charge is 0.463 e. The van der Waals surface area contributed by atoms with E-state index >= 15 is 0 Å². The molecule has 0 aromatic heterocycles. The molecule has 1 aliphatic rings. The lowest BCUT2D eigenvalue weighted by molar-refractivity contribution is -0.149. The number of amides is 2. The number of allylic oxidation sites excluding steroid dienone is 2. The van der Waals surface area contributed by atoms with Crippen molar-refractivity contribution in [3.05, 3.63) is 97.1 Å². The fourth-order valence-electron chi connectivity index (χ4n) is 5.17. The van der Waals surface area contributed by atoms with E-state index in [9.17, 15) is 19.5 Å². The number of hydrogen-bond acceptors (Lipinski definition) is 6. The summed E-state index contributed by atoms with van der Waals surface area (Å²) in [6.45, 7) is 8.14. The minimum atomic E-state index is -0.598. The number of nitrogens with zero attached hydrogens (tertiary/aromatic N) is 1. The number of hydrogen-bond donors (Lipinski definition) is 2. The van der Waals surface area contributed by atoms with E-state index in [0.717, 1.165) is 29.7 Å². The maximum atomic E-state index is 13.5. The third-order valence-corrected chi connectivity index (χ3v) is 8.64. The van der Waals surface area contributed by atoms with Gasteiger partial charge in [0.15, 0.2) is 0 Å². The number of carbonyl (C=O) groups excluding carboxylic acids is 3. The summed E-state index contributed by atoms with van der Waals surface area (Å²) < 4.78 is 5.79. The highest BCUT2D eigenvalue weighted by Crippen LogP contribution is 2.22. The fourth-order valence-corrected chi connectivity index (χ4v) is 6.18. The zero-order valence-electron chi connectivity index (χ0n) is 24.4. The van der Waals surface area contributed by atoms with E-state index in [2.05, 4.69) is 18.5 Å². The summed E-state index contributed by atoms with van der Waals surface area (Å²) in [5.74, 6) is -0.414. The van der Waals surface area contributed by atoms with Crippen molar-refractivity contribution in [1.29, 1.82) is 0 Å². The van der Waals surface area contributed by atoms with Crippen molar-refractivity contribution >= 4 is 29.5 Å².